The molecule has 1 atom stereocenters. The number of rotatable bonds is 4. The van der Waals surface area contributed by atoms with Crippen molar-refractivity contribution >= 4 is 11.6 Å². The molecule has 0 spiro atoms. The van der Waals surface area contributed by atoms with Crippen LogP contribution in [0.2, 0.25) is 0 Å². The number of benzene rings is 2. The highest BCUT2D eigenvalue weighted by molar-refractivity contribution is 6.03. The minimum atomic E-state index is -0.854. The van der Waals surface area contributed by atoms with Crippen molar-refractivity contribution in [2.75, 3.05) is 4.90 Å². The molecular formula is C20H23NO3. The van der Waals surface area contributed by atoms with Gasteiger partial charge in [0.25, 0.3) is 5.91 Å². The predicted octanol–water partition coefficient (Wildman–Crippen LogP) is 4.44. The molecule has 0 saturated heterocycles. The van der Waals surface area contributed by atoms with Crippen LogP contribution in [-0.4, -0.2) is 16.6 Å². The molecule has 1 amide bonds. The summed E-state index contributed by atoms with van der Waals surface area (Å²) in [5.74, 6) is 0.705. The summed E-state index contributed by atoms with van der Waals surface area (Å²) in [5, 5.41) is 9.90. The number of anilines is 1. The second kappa shape index (κ2) is 6.19. The van der Waals surface area contributed by atoms with Crippen LogP contribution < -0.4 is 9.64 Å². The SMILES string of the molecule is CCC1(CC)Oc2ccc(O)cc2N(C(C)c2ccccc2)C1=O. The van der Waals surface area contributed by atoms with Gasteiger partial charge in [-0.05, 0) is 37.5 Å². The molecule has 1 heterocycles. The van der Waals surface area contributed by atoms with E-state index >= 15 is 0 Å². The number of phenols is 1. The Hall–Kier alpha value is -2.49. The van der Waals surface area contributed by atoms with Gasteiger partial charge in [-0.15, -0.1) is 0 Å². The van der Waals surface area contributed by atoms with Crippen LogP contribution >= 0.6 is 0 Å². The van der Waals surface area contributed by atoms with E-state index in [1.807, 2.05) is 51.1 Å². The average molecular weight is 325 g/mol. The number of hydrogen-bond acceptors (Lipinski definition) is 3. The van der Waals surface area contributed by atoms with Gasteiger partial charge in [0.05, 0.1) is 11.7 Å². The van der Waals surface area contributed by atoms with Crippen molar-refractivity contribution in [1.29, 1.82) is 0 Å². The summed E-state index contributed by atoms with van der Waals surface area (Å²) < 4.78 is 6.10. The number of nitrogens with zero attached hydrogens (tertiary/aromatic N) is 1. The largest absolute Gasteiger partial charge is 0.508 e. The number of carbonyl (C=O) groups excluding carboxylic acids is 1. The molecule has 24 heavy (non-hydrogen) atoms. The minimum Gasteiger partial charge on any atom is -0.508 e. The predicted molar refractivity (Wildman–Crippen MR) is 94.4 cm³/mol. The molecule has 4 nitrogen and oxygen atoms in total. The molecule has 1 N–H and O–H groups in total. The van der Waals surface area contributed by atoms with Crippen LogP contribution in [0.3, 0.4) is 0 Å². The van der Waals surface area contributed by atoms with E-state index in [-0.39, 0.29) is 17.7 Å². The monoisotopic (exact) mass is 325 g/mol. The standard InChI is InChI=1S/C20H23NO3/c1-4-20(5-2)19(23)21(14(3)15-9-7-6-8-10-15)17-13-16(22)11-12-18(17)24-20/h6-14,22H,4-5H2,1-3H3. The Morgan fingerprint density at radius 3 is 2.42 bits per heavy atom. The van der Waals surface area contributed by atoms with Crippen LogP contribution in [0.1, 0.15) is 45.2 Å². The number of aromatic hydroxyl groups is 1. The quantitative estimate of drug-likeness (QED) is 0.904. The van der Waals surface area contributed by atoms with Crippen molar-refractivity contribution in [3.63, 3.8) is 0 Å². The van der Waals surface area contributed by atoms with E-state index < -0.39 is 5.60 Å². The van der Waals surface area contributed by atoms with E-state index in [4.69, 9.17) is 4.74 Å². The third-order valence-electron chi connectivity index (χ3n) is 4.93. The Balaban J connectivity index is 2.15. The summed E-state index contributed by atoms with van der Waals surface area (Å²) in [6.07, 6.45) is 1.20. The Bertz CT molecular complexity index is 738. The molecule has 2 aromatic carbocycles. The van der Waals surface area contributed by atoms with Gasteiger partial charge in [0.2, 0.25) is 0 Å². The van der Waals surface area contributed by atoms with Crippen LogP contribution in [-0.2, 0) is 4.79 Å². The first-order chi connectivity index (χ1) is 11.5. The lowest BCUT2D eigenvalue weighted by Gasteiger charge is -2.44. The average Bonchev–Trinajstić information content (AvgIpc) is 2.62. The van der Waals surface area contributed by atoms with Crippen molar-refractivity contribution in [1.82, 2.24) is 0 Å². The summed E-state index contributed by atoms with van der Waals surface area (Å²) in [7, 11) is 0. The lowest BCUT2D eigenvalue weighted by atomic mass is 9.91. The Morgan fingerprint density at radius 1 is 1.12 bits per heavy atom. The summed E-state index contributed by atoms with van der Waals surface area (Å²) in [4.78, 5) is 15.1. The molecule has 1 unspecified atom stereocenters. The fraction of sp³-hybridized carbons (Fsp3) is 0.350. The Labute approximate surface area is 142 Å². The van der Waals surface area contributed by atoms with E-state index in [2.05, 4.69) is 0 Å². The van der Waals surface area contributed by atoms with Gasteiger partial charge in [-0.3, -0.25) is 9.69 Å². The van der Waals surface area contributed by atoms with E-state index in [1.165, 1.54) is 0 Å². The Kier molecular flexibility index (Phi) is 4.22. The number of amides is 1. The maximum atomic E-state index is 13.3. The van der Waals surface area contributed by atoms with Gasteiger partial charge < -0.3 is 9.84 Å². The Morgan fingerprint density at radius 2 is 1.79 bits per heavy atom. The summed E-state index contributed by atoms with van der Waals surface area (Å²) in [6, 6.07) is 14.7. The number of fused-ring (bicyclic) bond motifs is 1. The molecule has 0 bridgehead atoms. The molecule has 0 radical (unpaired) electrons. The zero-order valence-corrected chi connectivity index (χ0v) is 14.3. The van der Waals surface area contributed by atoms with Crippen molar-refractivity contribution < 1.29 is 14.6 Å². The fourth-order valence-corrected chi connectivity index (χ4v) is 3.33. The zero-order valence-electron chi connectivity index (χ0n) is 14.3. The zero-order chi connectivity index (χ0) is 17.3. The lowest BCUT2D eigenvalue weighted by Crippen LogP contribution is -2.56. The van der Waals surface area contributed by atoms with E-state index in [1.54, 1.807) is 23.1 Å². The first-order valence-corrected chi connectivity index (χ1v) is 8.43. The normalized spacial score (nSPS) is 17.1. The van der Waals surface area contributed by atoms with Crippen LogP contribution in [0.4, 0.5) is 5.69 Å². The fourth-order valence-electron chi connectivity index (χ4n) is 3.33. The molecule has 126 valence electrons. The number of ether oxygens (including phenoxy) is 1. The van der Waals surface area contributed by atoms with Crippen molar-refractivity contribution in [2.24, 2.45) is 0 Å². The molecule has 1 aliphatic heterocycles. The molecule has 1 aliphatic rings. The summed E-state index contributed by atoms with van der Waals surface area (Å²) in [5.41, 5.74) is 0.810. The van der Waals surface area contributed by atoms with Gasteiger partial charge in [0.15, 0.2) is 5.60 Å². The summed E-state index contributed by atoms with van der Waals surface area (Å²) >= 11 is 0. The highest BCUT2D eigenvalue weighted by atomic mass is 16.5. The molecule has 0 saturated carbocycles. The molecule has 4 heteroatoms. The van der Waals surface area contributed by atoms with E-state index in [0.717, 1.165) is 5.56 Å². The lowest BCUT2D eigenvalue weighted by molar-refractivity contribution is -0.136. The number of phenolic OH excluding ortho intramolecular Hbond substituents is 1. The maximum Gasteiger partial charge on any atom is 0.271 e. The van der Waals surface area contributed by atoms with Gasteiger partial charge in [-0.1, -0.05) is 44.2 Å². The van der Waals surface area contributed by atoms with Crippen LogP contribution in [0.25, 0.3) is 0 Å². The van der Waals surface area contributed by atoms with Crippen LogP contribution in [0.15, 0.2) is 48.5 Å². The number of carbonyl (C=O) groups is 1. The van der Waals surface area contributed by atoms with Crippen molar-refractivity contribution in [2.45, 2.75) is 45.3 Å². The first kappa shape index (κ1) is 16.4. The molecule has 2 aromatic rings. The van der Waals surface area contributed by atoms with Crippen LogP contribution in [0.5, 0.6) is 11.5 Å². The topological polar surface area (TPSA) is 49.8 Å². The van der Waals surface area contributed by atoms with E-state index in [0.29, 0.717) is 24.3 Å². The van der Waals surface area contributed by atoms with Crippen molar-refractivity contribution in [3.05, 3.63) is 54.1 Å². The smallest absolute Gasteiger partial charge is 0.271 e. The van der Waals surface area contributed by atoms with Gasteiger partial charge in [-0.2, -0.15) is 0 Å². The number of hydrogen-bond donors (Lipinski definition) is 1. The molecular weight excluding hydrogens is 302 g/mol. The second-order valence-electron chi connectivity index (χ2n) is 6.22. The third-order valence-corrected chi connectivity index (χ3v) is 4.93. The summed E-state index contributed by atoms with van der Waals surface area (Å²) in [6.45, 7) is 5.94. The molecule has 0 fully saturated rings. The second-order valence-corrected chi connectivity index (χ2v) is 6.22. The van der Waals surface area contributed by atoms with Gasteiger partial charge in [0.1, 0.15) is 11.5 Å². The molecule has 0 aromatic heterocycles. The highest BCUT2D eigenvalue weighted by Gasteiger charge is 2.47. The van der Waals surface area contributed by atoms with Gasteiger partial charge in [-0.25, -0.2) is 0 Å². The minimum absolute atomic E-state index is 0.0537. The maximum absolute atomic E-state index is 13.3. The third kappa shape index (κ3) is 2.52. The van der Waals surface area contributed by atoms with Gasteiger partial charge >= 0.3 is 0 Å². The highest BCUT2D eigenvalue weighted by Crippen LogP contribution is 2.45. The molecule has 0 aliphatic carbocycles. The van der Waals surface area contributed by atoms with Crippen LogP contribution in [0, 0.1) is 0 Å². The molecule has 3 rings (SSSR count). The van der Waals surface area contributed by atoms with Gasteiger partial charge in [0, 0.05) is 6.07 Å². The van der Waals surface area contributed by atoms with Crippen molar-refractivity contribution in [3.8, 4) is 11.5 Å². The van der Waals surface area contributed by atoms with E-state index in [9.17, 15) is 9.90 Å². The first-order valence-electron chi connectivity index (χ1n) is 8.43.